The summed E-state index contributed by atoms with van der Waals surface area (Å²) in [5.41, 5.74) is -1.19. The maximum Gasteiger partial charge on any atom is 0.296 e. The second kappa shape index (κ2) is 3.86. The van der Waals surface area contributed by atoms with Gasteiger partial charge in [0, 0.05) is 5.02 Å². The lowest BCUT2D eigenvalue weighted by Crippen LogP contribution is -2.11. The molecule has 78 valence electrons. The molecule has 0 heterocycles. The zero-order valence-corrected chi connectivity index (χ0v) is 8.88. The largest absolute Gasteiger partial charge is 0.371 e. The van der Waals surface area contributed by atoms with Crippen molar-refractivity contribution in [3.8, 4) is 0 Å². The van der Waals surface area contributed by atoms with E-state index in [4.69, 9.17) is 16.2 Å². The molecule has 0 spiro atoms. The van der Waals surface area contributed by atoms with E-state index in [1.165, 1.54) is 12.1 Å². The van der Waals surface area contributed by atoms with Crippen LogP contribution in [0.5, 0.6) is 0 Å². The average molecular weight is 237 g/mol. The van der Waals surface area contributed by atoms with Gasteiger partial charge in [0.2, 0.25) is 5.44 Å². The molecule has 1 rings (SSSR count). The summed E-state index contributed by atoms with van der Waals surface area (Å²) in [7, 11) is -4.49. The van der Waals surface area contributed by atoms with Gasteiger partial charge in [0.25, 0.3) is 10.1 Å². The van der Waals surface area contributed by atoms with Gasteiger partial charge in [-0.3, -0.25) is 4.55 Å². The van der Waals surface area contributed by atoms with Crippen LogP contribution in [0.25, 0.3) is 0 Å². The molecular weight excluding hydrogens is 228 g/mol. The quantitative estimate of drug-likeness (QED) is 0.764. The summed E-state index contributed by atoms with van der Waals surface area (Å²) in [6.07, 6.45) is 0. The molecule has 6 heteroatoms. The summed E-state index contributed by atoms with van der Waals surface area (Å²) in [5, 5.41) is 9.52. The fourth-order valence-electron chi connectivity index (χ4n) is 1.08. The van der Waals surface area contributed by atoms with Crippen LogP contribution in [0.4, 0.5) is 0 Å². The Balaban J connectivity index is 3.20. The highest BCUT2D eigenvalue weighted by atomic mass is 35.5. The van der Waals surface area contributed by atoms with Gasteiger partial charge in [-0.1, -0.05) is 17.7 Å². The van der Waals surface area contributed by atoms with Crippen LogP contribution in [0.1, 0.15) is 16.6 Å². The Hall–Kier alpha value is -0.620. The van der Waals surface area contributed by atoms with Crippen molar-refractivity contribution in [1.29, 1.82) is 0 Å². The second-order valence-corrected chi connectivity index (χ2v) is 4.84. The van der Waals surface area contributed by atoms with Gasteiger partial charge in [0.05, 0.1) is 0 Å². The highest BCUT2D eigenvalue weighted by molar-refractivity contribution is 7.85. The normalized spacial score (nSPS) is 14.0. The van der Waals surface area contributed by atoms with E-state index in [1.807, 2.05) is 0 Å². The molecule has 1 unspecified atom stereocenters. The summed E-state index contributed by atoms with van der Waals surface area (Å²) in [6, 6.07) is 4.33. The smallest absolute Gasteiger partial charge is 0.296 e. The molecule has 0 aromatic heterocycles. The molecule has 1 atom stereocenters. The number of hydrogen-bond donors (Lipinski definition) is 2. The highest BCUT2D eigenvalue weighted by Crippen LogP contribution is 2.23. The van der Waals surface area contributed by atoms with Gasteiger partial charge in [-0.15, -0.1) is 0 Å². The lowest BCUT2D eigenvalue weighted by atomic mass is 10.1. The Morgan fingerprint density at radius 3 is 2.36 bits per heavy atom. The van der Waals surface area contributed by atoms with Gasteiger partial charge in [-0.05, 0) is 30.2 Å². The van der Waals surface area contributed by atoms with E-state index in [1.54, 1.807) is 13.0 Å². The van der Waals surface area contributed by atoms with Crippen molar-refractivity contribution in [2.75, 3.05) is 0 Å². The van der Waals surface area contributed by atoms with Gasteiger partial charge in [0.1, 0.15) is 0 Å². The maximum atomic E-state index is 10.6. The van der Waals surface area contributed by atoms with E-state index in [2.05, 4.69) is 0 Å². The summed E-state index contributed by atoms with van der Waals surface area (Å²) in [6.45, 7) is 1.70. The topological polar surface area (TPSA) is 74.6 Å². The molecule has 0 saturated heterocycles. The van der Waals surface area contributed by atoms with Crippen LogP contribution in [0, 0.1) is 6.92 Å². The molecule has 0 aliphatic rings. The zero-order valence-electron chi connectivity index (χ0n) is 7.31. The number of benzene rings is 1. The van der Waals surface area contributed by atoms with E-state index in [0.717, 1.165) is 0 Å². The fourth-order valence-corrected chi connectivity index (χ4v) is 1.86. The van der Waals surface area contributed by atoms with Crippen LogP contribution in [-0.2, 0) is 10.1 Å². The highest BCUT2D eigenvalue weighted by Gasteiger charge is 2.22. The van der Waals surface area contributed by atoms with Crippen molar-refractivity contribution < 1.29 is 18.1 Å². The third-order valence-corrected chi connectivity index (χ3v) is 2.69. The molecule has 4 nitrogen and oxygen atoms in total. The fraction of sp³-hybridized carbons (Fsp3) is 0.250. The predicted molar refractivity (Wildman–Crippen MR) is 52.7 cm³/mol. The lowest BCUT2D eigenvalue weighted by Gasteiger charge is -2.08. The standard InChI is InChI=1S/C8H9ClO4S/c1-5-2-6(4-7(9)3-5)8(10)14(11,12)13/h2-4,8,10H,1H3,(H,11,12,13). The van der Waals surface area contributed by atoms with Crippen LogP contribution < -0.4 is 0 Å². The van der Waals surface area contributed by atoms with E-state index in [-0.39, 0.29) is 5.56 Å². The van der Waals surface area contributed by atoms with Gasteiger partial charge in [0.15, 0.2) is 0 Å². The molecule has 0 radical (unpaired) electrons. The van der Waals surface area contributed by atoms with E-state index in [0.29, 0.717) is 10.6 Å². The number of hydrogen-bond acceptors (Lipinski definition) is 3. The molecular formula is C8H9ClO4S. The first-order valence-electron chi connectivity index (χ1n) is 3.72. The Morgan fingerprint density at radius 2 is 1.93 bits per heavy atom. The average Bonchev–Trinajstić information content (AvgIpc) is 1.99. The molecule has 0 amide bonds. The van der Waals surface area contributed by atoms with Crippen LogP contribution in [0.3, 0.4) is 0 Å². The molecule has 1 aromatic rings. The summed E-state index contributed by atoms with van der Waals surface area (Å²) < 4.78 is 29.8. The molecule has 0 aliphatic heterocycles. The molecule has 0 fully saturated rings. The van der Waals surface area contributed by atoms with Crippen molar-refractivity contribution in [3.63, 3.8) is 0 Å². The van der Waals surface area contributed by atoms with E-state index in [9.17, 15) is 13.5 Å². The van der Waals surface area contributed by atoms with Gasteiger partial charge < -0.3 is 5.11 Å². The second-order valence-electron chi connectivity index (χ2n) is 2.93. The molecule has 0 saturated carbocycles. The Kier molecular flexibility index (Phi) is 3.16. The minimum atomic E-state index is -4.49. The van der Waals surface area contributed by atoms with Crippen LogP contribution >= 0.6 is 11.6 Å². The molecule has 14 heavy (non-hydrogen) atoms. The molecule has 0 aliphatic carbocycles. The number of aliphatic hydroxyl groups is 1. The minimum absolute atomic E-state index is 0.0532. The number of rotatable bonds is 2. The Morgan fingerprint density at radius 1 is 1.36 bits per heavy atom. The van der Waals surface area contributed by atoms with Gasteiger partial charge >= 0.3 is 0 Å². The Labute approximate surface area is 86.9 Å². The number of halogens is 1. The van der Waals surface area contributed by atoms with Crippen molar-refractivity contribution in [1.82, 2.24) is 0 Å². The van der Waals surface area contributed by atoms with Crippen molar-refractivity contribution in [3.05, 3.63) is 34.3 Å². The van der Waals surface area contributed by atoms with Crippen molar-refractivity contribution in [2.24, 2.45) is 0 Å². The van der Waals surface area contributed by atoms with Crippen LogP contribution in [0.15, 0.2) is 18.2 Å². The lowest BCUT2D eigenvalue weighted by molar-refractivity contribution is 0.238. The number of aliphatic hydroxyl groups excluding tert-OH is 1. The first-order chi connectivity index (χ1) is 6.30. The minimum Gasteiger partial charge on any atom is -0.371 e. The molecule has 1 aromatic carbocycles. The van der Waals surface area contributed by atoms with Crippen molar-refractivity contribution in [2.45, 2.75) is 12.4 Å². The first-order valence-corrected chi connectivity index (χ1v) is 5.60. The maximum absolute atomic E-state index is 10.6. The van der Waals surface area contributed by atoms with Gasteiger partial charge in [-0.25, -0.2) is 0 Å². The third-order valence-electron chi connectivity index (χ3n) is 1.63. The predicted octanol–water partition coefficient (Wildman–Crippen LogP) is 1.53. The van der Waals surface area contributed by atoms with E-state index >= 15 is 0 Å². The zero-order chi connectivity index (χ0) is 10.9. The SMILES string of the molecule is Cc1cc(Cl)cc(C(O)S(=O)(=O)O)c1. The van der Waals surface area contributed by atoms with Crippen molar-refractivity contribution >= 4 is 21.7 Å². The molecule has 0 bridgehead atoms. The van der Waals surface area contributed by atoms with Gasteiger partial charge in [-0.2, -0.15) is 8.42 Å². The summed E-state index contributed by atoms with van der Waals surface area (Å²) in [4.78, 5) is 0. The summed E-state index contributed by atoms with van der Waals surface area (Å²) >= 11 is 5.66. The van der Waals surface area contributed by atoms with Crippen LogP contribution in [0.2, 0.25) is 5.02 Å². The molecule has 2 N–H and O–H groups in total. The first kappa shape index (κ1) is 11.5. The Bertz CT molecular complexity index is 420. The third kappa shape index (κ3) is 2.68. The van der Waals surface area contributed by atoms with E-state index < -0.39 is 15.6 Å². The van der Waals surface area contributed by atoms with Crippen LogP contribution in [-0.4, -0.2) is 18.1 Å². The summed E-state index contributed by atoms with van der Waals surface area (Å²) in [5.74, 6) is 0. The number of aryl methyl sites for hydroxylation is 1. The monoisotopic (exact) mass is 236 g/mol.